The van der Waals surface area contributed by atoms with Crippen LogP contribution in [0.5, 0.6) is 0 Å². The van der Waals surface area contributed by atoms with Crippen LogP contribution in [0.1, 0.15) is 12.8 Å². The molecule has 3 aromatic heterocycles. The first-order valence-electron chi connectivity index (χ1n) is 8.60. The van der Waals surface area contributed by atoms with E-state index in [9.17, 15) is 0 Å². The number of hydrogen-bond acceptors (Lipinski definition) is 6. The van der Waals surface area contributed by atoms with Gasteiger partial charge in [-0.05, 0) is 56.7 Å². The van der Waals surface area contributed by atoms with Crippen molar-refractivity contribution < 1.29 is 0 Å². The minimum absolute atomic E-state index is 0.293. The van der Waals surface area contributed by atoms with Gasteiger partial charge in [-0.3, -0.25) is 4.98 Å². The van der Waals surface area contributed by atoms with Crippen molar-refractivity contribution in [2.24, 2.45) is 0 Å². The van der Waals surface area contributed by atoms with Gasteiger partial charge in [0.15, 0.2) is 5.65 Å². The van der Waals surface area contributed by atoms with Crippen LogP contribution < -0.4 is 10.6 Å². The van der Waals surface area contributed by atoms with Gasteiger partial charge in [0.25, 0.3) is 0 Å². The zero-order valence-electron chi connectivity index (χ0n) is 14.6. The predicted octanol–water partition coefficient (Wildman–Crippen LogP) is 1.90. The van der Waals surface area contributed by atoms with E-state index in [1.54, 1.807) is 6.20 Å². The molecule has 7 nitrogen and oxygen atoms in total. The number of pyridine rings is 2. The maximum absolute atomic E-state index is 5.86. The van der Waals surface area contributed by atoms with Crippen LogP contribution in [-0.2, 0) is 0 Å². The molecule has 1 aliphatic heterocycles. The molecule has 0 bridgehead atoms. The van der Waals surface area contributed by atoms with Gasteiger partial charge in [-0.1, -0.05) is 6.07 Å². The Kier molecular flexibility index (Phi) is 4.01. The lowest BCUT2D eigenvalue weighted by atomic mass is 10.0. The molecule has 0 aromatic carbocycles. The molecule has 0 unspecified atom stereocenters. The molecule has 0 saturated carbocycles. The maximum Gasteiger partial charge on any atom is 0.240 e. The Bertz CT molecular complexity index is 866. The van der Waals surface area contributed by atoms with E-state index in [0.29, 0.717) is 12.0 Å². The van der Waals surface area contributed by atoms with Crippen molar-refractivity contribution in [3.63, 3.8) is 0 Å². The predicted molar refractivity (Wildman–Crippen MR) is 99.6 cm³/mol. The molecule has 0 spiro atoms. The second-order valence-electron chi connectivity index (χ2n) is 6.73. The first kappa shape index (κ1) is 15.8. The highest BCUT2D eigenvalue weighted by Crippen LogP contribution is 2.28. The molecule has 3 aromatic rings. The standard InChI is InChI=1S/C18H23N7/c1-23-8-5-15(6-9-23)24(2)17-11-14(13-4-3-7-20-12-13)10-16-21-18(19)22-25(16)17/h3-4,7,10-12,15H,5-6,8-9H2,1-2H3,(H2,19,22). The molecule has 0 amide bonds. The van der Waals surface area contributed by atoms with E-state index in [0.717, 1.165) is 48.5 Å². The fourth-order valence-corrected chi connectivity index (χ4v) is 3.50. The Hall–Kier alpha value is -2.67. The summed E-state index contributed by atoms with van der Waals surface area (Å²) in [6.07, 6.45) is 5.92. The number of anilines is 2. The number of hydrogen-bond donors (Lipinski definition) is 1. The smallest absolute Gasteiger partial charge is 0.240 e. The van der Waals surface area contributed by atoms with Crippen LogP contribution in [0.25, 0.3) is 16.8 Å². The quantitative estimate of drug-likeness (QED) is 0.787. The summed E-state index contributed by atoms with van der Waals surface area (Å²) in [5.74, 6) is 1.30. The third kappa shape index (κ3) is 3.02. The van der Waals surface area contributed by atoms with Gasteiger partial charge in [0.05, 0.1) is 0 Å². The van der Waals surface area contributed by atoms with E-state index in [1.807, 2.05) is 22.8 Å². The summed E-state index contributed by atoms with van der Waals surface area (Å²) < 4.78 is 1.84. The van der Waals surface area contributed by atoms with E-state index < -0.39 is 0 Å². The van der Waals surface area contributed by atoms with Crippen molar-refractivity contribution in [3.05, 3.63) is 36.7 Å². The molecule has 1 aliphatic rings. The van der Waals surface area contributed by atoms with Crippen LogP contribution in [0.15, 0.2) is 36.7 Å². The average molecular weight is 337 g/mol. The number of aromatic nitrogens is 4. The molecular weight excluding hydrogens is 314 g/mol. The molecule has 1 fully saturated rings. The zero-order valence-corrected chi connectivity index (χ0v) is 14.6. The molecule has 0 atom stereocenters. The van der Waals surface area contributed by atoms with Crippen molar-refractivity contribution in [1.29, 1.82) is 0 Å². The normalized spacial score (nSPS) is 16.4. The number of nitrogens with two attached hydrogens (primary N) is 1. The second-order valence-corrected chi connectivity index (χ2v) is 6.73. The fourth-order valence-electron chi connectivity index (χ4n) is 3.50. The lowest BCUT2D eigenvalue weighted by Gasteiger charge is -2.36. The van der Waals surface area contributed by atoms with E-state index >= 15 is 0 Å². The third-order valence-electron chi connectivity index (χ3n) is 5.03. The number of nitrogens with zero attached hydrogens (tertiary/aromatic N) is 6. The van der Waals surface area contributed by atoms with E-state index in [1.165, 1.54) is 0 Å². The van der Waals surface area contributed by atoms with Crippen molar-refractivity contribution in [2.45, 2.75) is 18.9 Å². The van der Waals surface area contributed by atoms with Crippen molar-refractivity contribution in [2.75, 3.05) is 37.8 Å². The molecule has 0 aliphatic carbocycles. The summed E-state index contributed by atoms with van der Waals surface area (Å²) in [5.41, 5.74) is 8.75. The number of fused-ring (bicyclic) bond motifs is 1. The minimum Gasteiger partial charge on any atom is -0.366 e. The third-order valence-corrected chi connectivity index (χ3v) is 5.03. The highest BCUT2D eigenvalue weighted by atomic mass is 15.4. The van der Waals surface area contributed by atoms with Crippen LogP contribution in [-0.4, -0.2) is 57.7 Å². The Morgan fingerprint density at radius 1 is 1.20 bits per heavy atom. The molecule has 0 radical (unpaired) electrons. The van der Waals surface area contributed by atoms with Crippen molar-refractivity contribution in [1.82, 2.24) is 24.5 Å². The molecule has 2 N–H and O–H groups in total. The van der Waals surface area contributed by atoms with Gasteiger partial charge in [-0.2, -0.15) is 9.50 Å². The van der Waals surface area contributed by atoms with Gasteiger partial charge in [0.1, 0.15) is 5.82 Å². The lowest BCUT2D eigenvalue weighted by molar-refractivity contribution is 0.252. The summed E-state index contributed by atoms with van der Waals surface area (Å²) in [4.78, 5) is 13.3. The summed E-state index contributed by atoms with van der Waals surface area (Å²) in [6, 6.07) is 8.63. The molecule has 1 saturated heterocycles. The molecule has 7 heteroatoms. The van der Waals surface area contributed by atoms with Crippen LogP contribution in [0.2, 0.25) is 0 Å². The van der Waals surface area contributed by atoms with Gasteiger partial charge in [-0.15, -0.1) is 5.10 Å². The molecular formula is C18H23N7. The van der Waals surface area contributed by atoms with Crippen molar-refractivity contribution >= 4 is 17.4 Å². The van der Waals surface area contributed by atoms with Crippen LogP contribution in [0.3, 0.4) is 0 Å². The first-order chi connectivity index (χ1) is 12.1. The average Bonchev–Trinajstić information content (AvgIpc) is 3.02. The summed E-state index contributed by atoms with van der Waals surface area (Å²) in [5, 5.41) is 4.39. The molecule has 4 rings (SSSR count). The van der Waals surface area contributed by atoms with Gasteiger partial charge in [0.2, 0.25) is 5.95 Å². The Morgan fingerprint density at radius 3 is 2.72 bits per heavy atom. The van der Waals surface area contributed by atoms with E-state index in [-0.39, 0.29) is 0 Å². The second kappa shape index (κ2) is 6.33. The Labute approximate surface area is 147 Å². The summed E-state index contributed by atoms with van der Waals surface area (Å²) in [6.45, 7) is 2.22. The zero-order chi connectivity index (χ0) is 17.4. The summed E-state index contributed by atoms with van der Waals surface area (Å²) >= 11 is 0. The number of likely N-dealkylation sites (tertiary alicyclic amines) is 1. The van der Waals surface area contributed by atoms with Gasteiger partial charge < -0.3 is 15.5 Å². The monoisotopic (exact) mass is 337 g/mol. The SMILES string of the molecule is CN1CCC(N(C)c2cc(-c3cccnc3)cc3nc(N)nn23)CC1. The number of piperidine rings is 1. The first-order valence-corrected chi connectivity index (χ1v) is 8.60. The Balaban J connectivity index is 1.78. The highest BCUT2D eigenvalue weighted by Gasteiger charge is 2.23. The number of rotatable bonds is 3. The Morgan fingerprint density at radius 2 is 2.00 bits per heavy atom. The minimum atomic E-state index is 0.293. The number of nitrogen functional groups attached to an aromatic ring is 1. The van der Waals surface area contributed by atoms with Gasteiger partial charge in [0, 0.05) is 31.0 Å². The maximum atomic E-state index is 5.86. The lowest BCUT2D eigenvalue weighted by Crippen LogP contribution is -2.42. The van der Waals surface area contributed by atoms with Crippen LogP contribution in [0.4, 0.5) is 11.8 Å². The van der Waals surface area contributed by atoms with Crippen LogP contribution >= 0.6 is 0 Å². The van der Waals surface area contributed by atoms with Gasteiger partial charge >= 0.3 is 0 Å². The van der Waals surface area contributed by atoms with E-state index in [4.69, 9.17) is 5.73 Å². The molecule has 25 heavy (non-hydrogen) atoms. The van der Waals surface area contributed by atoms with Crippen molar-refractivity contribution in [3.8, 4) is 11.1 Å². The molecule has 4 heterocycles. The highest BCUT2D eigenvalue weighted by molar-refractivity contribution is 5.71. The van der Waals surface area contributed by atoms with Crippen LogP contribution in [0, 0.1) is 0 Å². The van der Waals surface area contributed by atoms with Gasteiger partial charge in [-0.25, -0.2) is 0 Å². The topological polar surface area (TPSA) is 75.6 Å². The largest absolute Gasteiger partial charge is 0.366 e. The molecule has 130 valence electrons. The van der Waals surface area contributed by atoms with E-state index in [2.05, 4.69) is 51.1 Å². The fraction of sp³-hybridized carbons (Fsp3) is 0.389. The summed E-state index contributed by atoms with van der Waals surface area (Å²) in [7, 11) is 4.31.